The summed E-state index contributed by atoms with van der Waals surface area (Å²) in [5, 5.41) is 9.48. The Balaban J connectivity index is 2.66. The Morgan fingerprint density at radius 2 is 1.84 bits per heavy atom. The quantitative estimate of drug-likeness (QED) is 0.583. The van der Waals surface area contributed by atoms with Gasteiger partial charge in [-0.15, -0.1) is 0 Å². The van der Waals surface area contributed by atoms with Crippen LogP contribution in [0.1, 0.15) is 5.56 Å². The molecule has 1 aromatic carbocycles. The van der Waals surface area contributed by atoms with Crippen LogP contribution in [-0.2, 0) is 6.42 Å². The average molecular weight is 316 g/mol. The van der Waals surface area contributed by atoms with Gasteiger partial charge >= 0.3 is 0 Å². The van der Waals surface area contributed by atoms with E-state index in [-0.39, 0.29) is 17.1 Å². The molecule has 19 heavy (non-hydrogen) atoms. The monoisotopic (exact) mass is 314 g/mol. The van der Waals surface area contributed by atoms with Crippen LogP contribution in [0.5, 0.6) is 0 Å². The van der Waals surface area contributed by atoms with Crippen molar-refractivity contribution in [3.8, 4) is 17.3 Å². The third kappa shape index (κ3) is 2.98. The van der Waals surface area contributed by atoms with Gasteiger partial charge in [0.15, 0.2) is 0 Å². The molecule has 0 bridgehead atoms. The number of halogens is 4. The molecule has 0 amide bonds. The Kier molecular flexibility index (Phi) is 4.26. The third-order valence-electron chi connectivity index (χ3n) is 2.44. The van der Waals surface area contributed by atoms with E-state index in [1.165, 1.54) is 6.07 Å². The van der Waals surface area contributed by atoms with E-state index in [0.717, 1.165) is 0 Å². The van der Waals surface area contributed by atoms with Crippen LogP contribution in [-0.4, -0.2) is 4.98 Å². The first-order valence-electron chi connectivity index (χ1n) is 5.20. The summed E-state index contributed by atoms with van der Waals surface area (Å²) < 4.78 is 13.5. The molecule has 0 saturated heterocycles. The van der Waals surface area contributed by atoms with Crippen molar-refractivity contribution in [2.45, 2.75) is 6.42 Å². The van der Waals surface area contributed by atoms with E-state index >= 15 is 0 Å². The first kappa shape index (κ1) is 14.1. The number of hydrogen-bond donors (Lipinski definition) is 0. The van der Waals surface area contributed by atoms with Crippen molar-refractivity contribution in [1.29, 1.82) is 5.26 Å². The second-order valence-corrected chi connectivity index (χ2v) is 4.93. The Morgan fingerprint density at radius 1 is 1.16 bits per heavy atom. The van der Waals surface area contributed by atoms with E-state index in [1.807, 2.05) is 6.07 Å². The van der Waals surface area contributed by atoms with Crippen LogP contribution >= 0.6 is 34.8 Å². The summed E-state index contributed by atoms with van der Waals surface area (Å²) in [4.78, 5) is 3.75. The minimum atomic E-state index is -0.699. The molecule has 0 aliphatic carbocycles. The van der Waals surface area contributed by atoms with E-state index in [9.17, 15) is 4.39 Å². The van der Waals surface area contributed by atoms with Gasteiger partial charge in [0.1, 0.15) is 0 Å². The zero-order valence-corrected chi connectivity index (χ0v) is 11.7. The highest BCUT2D eigenvalue weighted by Gasteiger charge is 2.14. The fraction of sp³-hybridized carbons (Fsp3) is 0.0769. The van der Waals surface area contributed by atoms with Crippen molar-refractivity contribution < 1.29 is 4.39 Å². The van der Waals surface area contributed by atoms with Crippen molar-refractivity contribution in [3.63, 3.8) is 0 Å². The molecule has 0 aliphatic rings. The molecule has 0 spiro atoms. The maximum Gasteiger partial charge on any atom is 0.213 e. The maximum absolute atomic E-state index is 13.5. The van der Waals surface area contributed by atoms with E-state index in [4.69, 9.17) is 40.1 Å². The number of nitriles is 1. The zero-order chi connectivity index (χ0) is 14.0. The van der Waals surface area contributed by atoms with Gasteiger partial charge in [0, 0.05) is 5.56 Å². The maximum atomic E-state index is 13.5. The summed E-state index contributed by atoms with van der Waals surface area (Å²) in [5.41, 5.74) is 1.11. The normalized spacial score (nSPS) is 10.3. The predicted octanol–water partition coefficient (Wildman–Crippen LogP) is 4.91. The van der Waals surface area contributed by atoms with Crippen LogP contribution < -0.4 is 0 Å². The number of aromatic nitrogens is 1. The fourth-order valence-corrected chi connectivity index (χ4v) is 2.35. The second-order valence-electron chi connectivity index (χ2n) is 3.74. The minimum absolute atomic E-state index is 0.0717. The van der Waals surface area contributed by atoms with Crippen LogP contribution in [0.15, 0.2) is 24.3 Å². The Hall–Kier alpha value is -1.34. The summed E-state index contributed by atoms with van der Waals surface area (Å²) in [6, 6.07) is 7.81. The molecule has 0 N–H and O–H groups in total. The van der Waals surface area contributed by atoms with Gasteiger partial charge in [-0.25, -0.2) is 4.98 Å². The SMILES string of the molecule is N#CCc1cc(F)nc(-c2c(Cl)ccc(Cl)c2Cl)c1. The van der Waals surface area contributed by atoms with Crippen LogP contribution in [0.25, 0.3) is 11.3 Å². The molecule has 0 unspecified atom stereocenters. The molecule has 2 aromatic rings. The standard InChI is InChI=1S/C13H6Cl3FN2/c14-8-1-2-9(15)13(16)12(8)10-5-7(3-4-18)6-11(17)19-10/h1-2,5-6H,3H2. The lowest BCUT2D eigenvalue weighted by Gasteiger charge is -2.09. The molecule has 2 nitrogen and oxygen atoms in total. The summed E-state index contributed by atoms with van der Waals surface area (Å²) in [5.74, 6) is -0.699. The van der Waals surface area contributed by atoms with Gasteiger partial charge in [-0.05, 0) is 29.8 Å². The number of pyridine rings is 1. The molecular formula is C13H6Cl3FN2. The summed E-state index contributed by atoms with van der Waals surface area (Å²) >= 11 is 18.0. The molecule has 0 atom stereocenters. The molecule has 0 fully saturated rings. The van der Waals surface area contributed by atoms with Gasteiger partial charge in [0.25, 0.3) is 0 Å². The largest absolute Gasteiger partial charge is 0.220 e. The number of benzene rings is 1. The van der Waals surface area contributed by atoms with E-state index in [0.29, 0.717) is 21.2 Å². The van der Waals surface area contributed by atoms with Crippen LogP contribution in [0.3, 0.4) is 0 Å². The van der Waals surface area contributed by atoms with Crippen molar-refractivity contribution in [1.82, 2.24) is 4.98 Å². The average Bonchev–Trinajstić information content (AvgIpc) is 2.34. The first-order valence-corrected chi connectivity index (χ1v) is 6.33. The zero-order valence-electron chi connectivity index (χ0n) is 9.42. The molecular weight excluding hydrogens is 310 g/mol. The minimum Gasteiger partial charge on any atom is -0.220 e. The Bertz CT molecular complexity index is 680. The van der Waals surface area contributed by atoms with Gasteiger partial charge < -0.3 is 0 Å². The molecule has 1 heterocycles. The molecule has 6 heteroatoms. The first-order chi connectivity index (χ1) is 9.02. The lowest BCUT2D eigenvalue weighted by Crippen LogP contribution is -1.94. The highest BCUT2D eigenvalue weighted by molar-refractivity contribution is 6.46. The predicted molar refractivity (Wildman–Crippen MR) is 74.0 cm³/mol. The molecule has 0 aliphatic heterocycles. The third-order valence-corrected chi connectivity index (χ3v) is 3.56. The van der Waals surface area contributed by atoms with Crippen LogP contribution in [0.4, 0.5) is 4.39 Å². The topological polar surface area (TPSA) is 36.7 Å². The van der Waals surface area contributed by atoms with Crippen molar-refractivity contribution in [2.24, 2.45) is 0 Å². The molecule has 0 saturated carbocycles. The van der Waals surface area contributed by atoms with Gasteiger partial charge in [-0.1, -0.05) is 34.8 Å². The lowest BCUT2D eigenvalue weighted by atomic mass is 10.1. The van der Waals surface area contributed by atoms with Crippen molar-refractivity contribution >= 4 is 34.8 Å². The Labute approximate surface area is 124 Å². The summed E-state index contributed by atoms with van der Waals surface area (Å²) in [7, 11) is 0. The molecule has 2 rings (SSSR count). The molecule has 0 radical (unpaired) electrons. The van der Waals surface area contributed by atoms with Gasteiger partial charge in [0.2, 0.25) is 5.95 Å². The van der Waals surface area contributed by atoms with Gasteiger partial charge in [0.05, 0.1) is 33.3 Å². The van der Waals surface area contributed by atoms with Gasteiger partial charge in [-0.3, -0.25) is 0 Å². The molecule has 1 aromatic heterocycles. The van der Waals surface area contributed by atoms with E-state index in [2.05, 4.69) is 4.98 Å². The van der Waals surface area contributed by atoms with Crippen molar-refractivity contribution in [2.75, 3.05) is 0 Å². The van der Waals surface area contributed by atoms with Gasteiger partial charge in [-0.2, -0.15) is 9.65 Å². The summed E-state index contributed by atoms with van der Waals surface area (Å²) in [6.45, 7) is 0. The van der Waals surface area contributed by atoms with E-state index in [1.54, 1.807) is 18.2 Å². The van der Waals surface area contributed by atoms with E-state index < -0.39 is 5.95 Å². The second kappa shape index (κ2) is 5.75. The van der Waals surface area contributed by atoms with Crippen LogP contribution in [0.2, 0.25) is 15.1 Å². The smallest absolute Gasteiger partial charge is 0.213 e. The highest BCUT2D eigenvalue weighted by atomic mass is 35.5. The number of hydrogen-bond acceptors (Lipinski definition) is 2. The number of nitrogens with zero attached hydrogens (tertiary/aromatic N) is 2. The van der Waals surface area contributed by atoms with Crippen LogP contribution in [0, 0.1) is 17.3 Å². The fourth-order valence-electron chi connectivity index (χ4n) is 1.63. The lowest BCUT2D eigenvalue weighted by molar-refractivity contribution is 0.583. The highest BCUT2D eigenvalue weighted by Crippen LogP contribution is 2.38. The van der Waals surface area contributed by atoms with Crippen molar-refractivity contribution in [3.05, 3.63) is 50.8 Å². The number of rotatable bonds is 2. The molecule has 96 valence electrons. The Morgan fingerprint density at radius 3 is 2.53 bits per heavy atom. The summed E-state index contributed by atoms with van der Waals surface area (Å²) in [6.07, 6.45) is 0.0717.